The molecule has 15 heteroatoms. The van der Waals surface area contributed by atoms with Crippen molar-refractivity contribution in [2.75, 3.05) is 26.1 Å². The summed E-state index contributed by atoms with van der Waals surface area (Å²) in [6.07, 6.45) is -1.55. The van der Waals surface area contributed by atoms with E-state index in [-0.39, 0.29) is 23.6 Å². The summed E-state index contributed by atoms with van der Waals surface area (Å²) in [5.41, 5.74) is 7.44. The Morgan fingerprint density at radius 2 is 1.66 bits per heavy atom. The summed E-state index contributed by atoms with van der Waals surface area (Å²) in [5.74, 6) is -8.00. The smallest absolute Gasteiger partial charge is 0.326 e. The number of nitrogens with two attached hydrogens (primary N) is 1. The number of nitrogens with one attached hydrogen (secondary N) is 1. The molecule has 1 amide bonds. The van der Waals surface area contributed by atoms with Crippen molar-refractivity contribution in [3.63, 3.8) is 0 Å². The fourth-order valence-electron chi connectivity index (χ4n) is 4.59. The van der Waals surface area contributed by atoms with Gasteiger partial charge in [0.15, 0.2) is 5.78 Å². The Labute approximate surface area is 250 Å². The molecule has 1 unspecified atom stereocenters. The van der Waals surface area contributed by atoms with Crippen LogP contribution in [-0.2, 0) is 25.7 Å². The molecule has 234 valence electrons. The highest BCUT2D eigenvalue weighted by atomic mass is 16.5. The first-order chi connectivity index (χ1) is 20.7. The maximum atomic E-state index is 13.2. The monoisotopic (exact) mass is 611 g/mol. The van der Waals surface area contributed by atoms with E-state index < -0.39 is 60.4 Å². The Morgan fingerprint density at radius 3 is 2.23 bits per heavy atom. The highest BCUT2D eigenvalue weighted by molar-refractivity contribution is 6.02. The Bertz CT molecular complexity index is 1620. The molecule has 0 saturated heterocycles. The lowest BCUT2D eigenvalue weighted by atomic mass is 9.89. The number of aromatic amines is 1. The largest absolute Gasteiger partial charge is 0.481 e. The van der Waals surface area contributed by atoms with E-state index in [1.54, 1.807) is 31.3 Å². The van der Waals surface area contributed by atoms with Crippen LogP contribution in [0.4, 0.5) is 5.69 Å². The quantitative estimate of drug-likeness (QED) is 0.151. The van der Waals surface area contributed by atoms with E-state index >= 15 is 0 Å². The molecule has 0 fully saturated rings. The van der Waals surface area contributed by atoms with E-state index in [1.807, 2.05) is 11.0 Å². The lowest BCUT2D eigenvalue weighted by molar-refractivity contribution is -0.149. The second-order valence-corrected chi connectivity index (χ2v) is 10.2. The summed E-state index contributed by atoms with van der Waals surface area (Å²) in [7, 11) is 4.38. The number of aliphatic carboxylic acids is 3. The molecular weight excluding hydrogens is 578 g/mol. The number of aromatic nitrogens is 2. The SMILES string of the molecule is COc1nc2ccc(CN(C)c3ccc(C(=O)N(C)[C@@H](CC(C(=O)O)C(=O)[C@@H](N)CCC(=O)O)C(=O)O)cc3)cc2c(=O)[nH]1. The molecule has 1 aromatic heterocycles. The van der Waals surface area contributed by atoms with Crippen LogP contribution < -0.4 is 20.9 Å². The number of ketones is 1. The lowest BCUT2D eigenvalue weighted by Crippen LogP contribution is -2.47. The number of methoxy groups -OCH3 is 1. The molecule has 6 N–H and O–H groups in total. The fraction of sp³-hybridized carbons (Fsp3) is 0.345. The predicted octanol–water partition coefficient (Wildman–Crippen LogP) is 0.945. The third kappa shape index (κ3) is 7.95. The number of H-pyrrole nitrogens is 1. The van der Waals surface area contributed by atoms with Crippen molar-refractivity contribution in [2.45, 2.75) is 37.9 Å². The molecule has 1 heterocycles. The second-order valence-electron chi connectivity index (χ2n) is 10.2. The Balaban J connectivity index is 1.73. The fourth-order valence-corrected chi connectivity index (χ4v) is 4.59. The molecule has 0 bridgehead atoms. The lowest BCUT2D eigenvalue weighted by Gasteiger charge is -2.28. The van der Waals surface area contributed by atoms with Crippen molar-refractivity contribution in [2.24, 2.45) is 11.7 Å². The molecule has 3 rings (SSSR count). The number of benzene rings is 2. The van der Waals surface area contributed by atoms with Crippen LogP contribution in [0.25, 0.3) is 10.9 Å². The molecule has 15 nitrogen and oxygen atoms in total. The van der Waals surface area contributed by atoms with E-state index in [2.05, 4.69) is 9.97 Å². The van der Waals surface area contributed by atoms with Gasteiger partial charge in [0, 0.05) is 38.3 Å². The summed E-state index contributed by atoms with van der Waals surface area (Å²) in [6, 6.07) is 8.47. The molecule has 0 saturated carbocycles. The van der Waals surface area contributed by atoms with Crippen LogP contribution >= 0.6 is 0 Å². The van der Waals surface area contributed by atoms with Gasteiger partial charge in [-0.05, 0) is 54.8 Å². The van der Waals surface area contributed by atoms with Gasteiger partial charge in [-0.2, -0.15) is 4.98 Å². The van der Waals surface area contributed by atoms with Gasteiger partial charge in [-0.3, -0.25) is 29.0 Å². The topological polar surface area (TPSA) is 234 Å². The van der Waals surface area contributed by atoms with E-state index in [0.717, 1.165) is 10.5 Å². The predicted molar refractivity (Wildman–Crippen MR) is 157 cm³/mol. The van der Waals surface area contributed by atoms with Gasteiger partial charge < -0.3 is 35.6 Å². The number of carbonyl (C=O) groups is 5. The van der Waals surface area contributed by atoms with E-state index in [9.17, 15) is 39.0 Å². The van der Waals surface area contributed by atoms with Gasteiger partial charge in [-0.1, -0.05) is 6.07 Å². The van der Waals surface area contributed by atoms with Crippen molar-refractivity contribution in [1.29, 1.82) is 0 Å². The molecule has 2 aromatic carbocycles. The minimum absolute atomic E-state index is 0.106. The number of carbonyl (C=O) groups excluding carboxylic acids is 2. The van der Waals surface area contributed by atoms with Crippen LogP contribution in [0.5, 0.6) is 6.01 Å². The Hall–Kier alpha value is -5.31. The van der Waals surface area contributed by atoms with Crippen LogP contribution in [-0.4, -0.2) is 93.1 Å². The van der Waals surface area contributed by atoms with E-state index in [1.165, 1.54) is 26.3 Å². The highest BCUT2D eigenvalue weighted by Gasteiger charge is 2.38. The second kappa shape index (κ2) is 14.2. The number of fused-ring (bicyclic) bond motifs is 1. The van der Waals surface area contributed by atoms with Gasteiger partial charge in [-0.15, -0.1) is 0 Å². The highest BCUT2D eigenvalue weighted by Crippen LogP contribution is 2.22. The molecular formula is C29H33N5O10. The molecule has 0 aliphatic heterocycles. The maximum absolute atomic E-state index is 13.2. The van der Waals surface area contributed by atoms with Gasteiger partial charge in [0.05, 0.1) is 24.1 Å². The summed E-state index contributed by atoms with van der Waals surface area (Å²) >= 11 is 0. The minimum Gasteiger partial charge on any atom is -0.481 e. The summed E-state index contributed by atoms with van der Waals surface area (Å²) in [5, 5.41) is 28.6. The number of carboxylic acids is 3. The number of nitrogens with zero attached hydrogens (tertiary/aromatic N) is 3. The van der Waals surface area contributed by atoms with E-state index in [4.69, 9.17) is 15.6 Å². The number of amides is 1. The van der Waals surface area contributed by atoms with Crippen molar-refractivity contribution < 1.29 is 44.0 Å². The zero-order chi connectivity index (χ0) is 32.7. The van der Waals surface area contributed by atoms with Gasteiger partial charge in [0.2, 0.25) is 0 Å². The zero-order valence-corrected chi connectivity index (χ0v) is 24.2. The number of hydrogen-bond acceptors (Lipinski definition) is 10. The molecule has 0 spiro atoms. The Kier molecular flexibility index (Phi) is 10.7. The van der Waals surface area contributed by atoms with E-state index in [0.29, 0.717) is 23.1 Å². The van der Waals surface area contributed by atoms with Crippen LogP contribution in [0.2, 0.25) is 0 Å². The molecule has 44 heavy (non-hydrogen) atoms. The molecule has 0 aliphatic rings. The summed E-state index contributed by atoms with van der Waals surface area (Å²) in [4.78, 5) is 82.3. The molecule has 3 aromatic rings. The normalized spacial score (nSPS) is 13.0. The van der Waals surface area contributed by atoms with Crippen LogP contribution in [0.15, 0.2) is 47.3 Å². The van der Waals surface area contributed by atoms with Gasteiger partial charge >= 0.3 is 17.9 Å². The standard InChI is InChI=1S/C29H33N5O10/c1-33(14-15-4-10-21-18(12-15)25(38)32-29(31-21)44-3)17-7-5-16(6-8-17)26(39)34(2)22(28(42)43)13-19(27(40)41)24(37)20(30)9-11-23(35)36/h4-8,10,12,19-20,22H,9,11,13-14,30H2,1-3H3,(H,35,36)(H,40,41)(H,42,43)(H,31,32,38)/t19?,20-,22-/m0/s1. The molecule has 3 atom stereocenters. The van der Waals surface area contributed by atoms with Gasteiger partial charge in [-0.25, -0.2) is 4.79 Å². The number of likely N-dealkylation sites (N-methyl/N-ethyl adjacent to an activating group) is 1. The van der Waals surface area contributed by atoms with Crippen LogP contribution in [0, 0.1) is 5.92 Å². The van der Waals surface area contributed by atoms with Crippen molar-refractivity contribution >= 4 is 46.2 Å². The first kappa shape index (κ1) is 33.2. The maximum Gasteiger partial charge on any atom is 0.326 e. The first-order valence-electron chi connectivity index (χ1n) is 13.4. The first-order valence-corrected chi connectivity index (χ1v) is 13.4. The van der Waals surface area contributed by atoms with Gasteiger partial charge in [0.25, 0.3) is 17.5 Å². The van der Waals surface area contributed by atoms with Crippen LogP contribution in [0.3, 0.4) is 0 Å². The Morgan fingerprint density at radius 1 is 1.00 bits per heavy atom. The number of anilines is 1. The van der Waals surface area contributed by atoms with Crippen molar-refractivity contribution in [3.05, 3.63) is 63.9 Å². The molecule has 0 aliphatic carbocycles. The number of Topliss-reactive ketones (excluding diaryl/α,β-unsaturated/α-hetero) is 1. The van der Waals surface area contributed by atoms with Crippen molar-refractivity contribution in [3.8, 4) is 6.01 Å². The number of hydrogen-bond donors (Lipinski definition) is 5. The zero-order valence-electron chi connectivity index (χ0n) is 24.2. The minimum atomic E-state index is -1.87. The third-order valence-electron chi connectivity index (χ3n) is 7.12. The summed E-state index contributed by atoms with van der Waals surface area (Å²) < 4.78 is 4.99. The number of rotatable bonds is 15. The number of ether oxygens (including phenoxy) is 1. The third-order valence-corrected chi connectivity index (χ3v) is 7.12. The summed E-state index contributed by atoms with van der Waals surface area (Å²) in [6.45, 7) is 0.398. The van der Waals surface area contributed by atoms with Crippen molar-refractivity contribution in [1.82, 2.24) is 14.9 Å². The average Bonchev–Trinajstić information content (AvgIpc) is 2.99. The van der Waals surface area contributed by atoms with Crippen LogP contribution in [0.1, 0.15) is 35.2 Å². The van der Waals surface area contributed by atoms with Gasteiger partial charge in [0.1, 0.15) is 12.0 Å². The average molecular weight is 612 g/mol. The molecule has 0 radical (unpaired) electrons. The number of carboxylic acid groups (broad SMARTS) is 3.